The monoisotopic (exact) mass is 309 g/mol. The van der Waals surface area contributed by atoms with Crippen LogP contribution in [0, 0.1) is 0 Å². The summed E-state index contributed by atoms with van der Waals surface area (Å²) in [6.07, 6.45) is 2.98. The highest BCUT2D eigenvalue weighted by Crippen LogP contribution is 2.21. The van der Waals surface area contributed by atoms with Gasteiger partial charge < -0.3 is 0 Å². The molecule has 0 saturated heterocycles. The van der Waals surface area contributed by atoms with Crippen LogP contribution in [0.15, 0.2) is 40.4 Å². The summed E-state index contributed by atoms with van der Waals surface area (Å²) >= 11 is 4.61. The summed E-state index contributed by atoms with van der Waals surface area (Å²) in [5.74, 6) is -0.329. The average molecular weight is 310 g/mol. The van der Waals surface area contributed by atoms with E-state index in [1.165, 1.54) is 11.3 Å². The molecule has 0 saturated carbocycles. The van der Waals surface area contributed by atoms with E-state index < -0.39 is 0 Å². The molecule has 5 heteroatoms. The van der Waals surface area contributed by atoms with Crippen LogP contribution in [-0.4, -0.2) is 16.6 Å². The van der Waals surface area contributed by atoms with Crippen LogP contribution in [0.2, 0.25) is 0 Å². The van der Waals surface area contributed by atoms with Crippen LogP contribution < -0.4 is 0 Å². The number of thiophene rings is 1. The van der Waals surface area contributed by atoms with Crippen molar-refractivity contribution in [3.05, 3.63) is 50.9 Å². The van der Waals surface area contributed by atoms with E-state index in [0.717, 1.165) is 4.47 Å². The van der Waals surface area contributed by atoms with Gasteiger partial charge in [-0.1, -0.05) is 0 Å². The van der Waals surface area contributed by atoms with Crippen molar-refractivity contribution < 1.29 is 9.59 Å². The molecule has 2 rings (SSSR count). The van der Waals surface area contributed by atoms with Gasteiger partial charge in [0.2, 0.25) is 0 Å². The van der Waals surface area contributed by atoms with Crippen LogP contribution >= 0.6 is 27.3 Å². The summed E-state index contributed by atoms with van der Waals surface area (Å²) in [7, 11) is 0. The first-order valence-electron chi connectivity index (χ1n) is 4.87. The first-order valence-corrected chi connectivity index (χ1v) is 6.54. The van der Waals surface area contributed by atoms with Crippen LogP contribution in [0.5, 0.6) is 0 Å². The number of halogens is 1. The van der Waals surface area contributed by atoms with Gasteiger partial charge >= 0.3 is 0 Å². The number of hydrogen-bond donors (Lipinski definition) is 0. The molecule has 0 amide bonds. The van der Waals surface area contributed by atoms with Gasteiger partial charge in [0, 0.05) is 27.8 Å². The average Bonchev–Trinajstić information content (AvgIpc) is 2.77. The Morgan fingerprint density at radius 1 is 1.24 bits per heavy atom. The molecule has 0 unspecified atom stereocenters. The molecule has 2 aromatic heterocycles. The Bertz CT molecular complexity index is 551. The van der Waals surface area contributed by atoms with Gasteiger partial charge in [-0.3, -0.25) is 14.6 Å². The van der Waals surface area contributed by atoms with Gasteiger partial charge in [0.25, 0.3) is 0 Å². The van der Waals surface area contributed by atoms with Crippen LogP contribution in [0.1, 0.15) is 26.5 Å². The first kappa shape index (κ1) is 12.1. The highest BCUT2D eigenvalue weighted by atomic mass is 79.9. The lowest BCUT2D eigenvalue weighted by Gasteiger charge is -1.98. The Morgan fingerprint density at radius 3 is 2.53 bits per heavy atom. The number of nitrogens with zero attached hydrogens (tertiary/aromatic N) is 1. The number of rotatable bonds is 4. The minimum atomic E-state index is -0.179. The Balaban J connectivity index is 2.07. The van der Waals surface area contributed by atoms with Crippen molar-refractivity contribution in [2.45, 2.75) is 6.42 Å². The van der Waals surface area contributed by atoms with Gasteiger partial charge in [-0.25, -0.2) is 0 Å². The summed E-state index contributed by atoms with van der Waals surface area (Å²) in [4.78, 5) is 28.0. The number of aromatic nitrogens is 1. The third kappa shape index (κ3) is 3.08. The van der Waals surface area contributed by atoms with Crippen molar-refractivity contribution in [1.82, 2.24) is 4.98 Å². The van der Waals surface area contributed by atoms with Gasteiger partial charge in [0.05, 0.1) is 11.3 Å². The van der Waals surface area contributed by atoms with E-state index in [0.29, 0.717) is 10.4 Å². The van der Waals surface area contributed by atoms with Gasteiger partial charge in [0.15, 0.2) is 11.6 Å². The summed E-state index contributed by atoms with van der Waals surface area (Å²) in [5, 5.41) is 1.82. The fourth-order valence-electron chi connectivity index (χ4n) is 1.33. The molecule has 0 aliphatic rings. The Labute approximate surface area is 111 Å². The van der Waals surface area contributed by atoms with E-state index in [-0.39, 0.29) is 18.0 Å². The lowest BCUT2D eigenvalue weighted by atomic mass is 10.1. The van der Waals surface area contributed by atoms with Crippen molar-refractivity contribution >= 4 is 38.8 Å². The molecule has 0 aromatic carbocycles. The highest BCUT2D eigenvalue weighted by molar-refractivity contribution is 9.10. The minimum Gasteiger partial charge on any atom is -0.294 e. The molecular formula is C12H8BrNO2S. The van der Waals surface area contributed by atoms with Gasteiger partial charge in [-0.2, -0.15) is 0 Å². The number of ketones is 2. The van der Waals surface area contributed by atoms with Crippen molar-refractivity contribution in [1.29, 1.82) is 0 Å². The molecule has 0 bridgehead atoms. The lowest BCUT2D eigenvalue weighted by Crippen LogP contribution is -2.07. The fourth-order valence-corrected chi connectivity index (χ4v) is 2.70. The van der Waals surface area contributed by atoms with Crippen molar-refractivity contribution in [3.8, 4) is 0 Å². The molecule has 17 heavy (non-hydrogen) atoms. The molecule has 3 nitrogen and oxygen atoms in total. The molecular weight excluding hydrogens is 302 g/mol. The van der Waals surface area contributed by atoms with E-state index in [1.807, 2.05) is 5.38 Å². The number of carbonyl (C=O) groups is 2. The second-order valence-electron chi connectivity index (χ2n) is 3.39. The second-order valence-corrected chi connectivity index (χ2v) is 5.22. The summed E-state index contributed by atoms with van der Waals surface area (Å²) < 4.78 is 0.863. The van der Waals surface area contributed by atoms with Crippen molar-refractivity contribution in [3.63, 3.8) is 0 Å². The molecule has 86 valence electrons. The maximum absolute atomic E-state index is 11.8. The fraction of sp³-hybridized carbons (Fsp3) is 0.0833. The Hall–Kier alpha value is -1.33. The smallest absolute Gasteiger partial charge is 0.180 e. The molecule has 2 aromatic rings. The maximum Gasteiger partial charge on any atom is 0.180 e. The first-order chi connectivity index (χ1) is 8.16. The summed E-state index contributed by atoms with van der Waals surface area (Å²) in [5.41, 5.74) is 0.518. The molecule has 0 atom stereocenters. The molecule has 0 aliphatic heterocycles. The lowest BCUT2D eigenvalue weighted by molar-refractivity contribution is 0.0896. The SMILES string of the molecule is O=C(CC(=O)c1cc(Br)cs1)c1ccncc1. The quantitative estimate of drug-likeness (QED) is 0.642. The number of Topliss-reactive ketones (excluding diaryl/α,β-unsaturated/α-hetero) is 2. The third-order valence-electron chi connectivity index (χ3n) is 2.17. The number of pyridine rings is 1. The maximum atomic E-state index is 11.8. The second kappa shape index (κ2) is 5.33. The van der Waals surface area contributed by atoms with E-state index in [2.05, 4.69) is 20.9 Å². The summed E-state index contributed by atoms with van der Waals surface area (Å²) in [6, 6.07) is 4.95. The third-order valence-corrected chi connectivity index (χ3v) is 3.90. The molecule has 0 N–H and O–H groups in total. The van der Waals surface area contributed by atoms with E-state index >= 15 is 0 Å². The van der Waals surface area contributed by atoms with Gasteiger partial charge in [-0.15, -0.1) is 11.3 Å². The Kier molecular flexibility index (Phi) is 3.81. The van der Waals surface area contributed by atoms with Gasteiger partial charge in [0.1, 0.15) is 0 Å². The van der Waals surface area contributed by atoms with Crippen LogP contribution in [-0.2, 0) is 0 Å². The van der Waals surface area contributed by atoms with E-state index in [1.54, 1.807) is 30.6 Å². The predicted molar refractivity (Wildman–Crippen MR) is 69.5 cm³/mol. The van der Waals surface area contributed by atoms with Crippen LogP contribution in [0.3, 0.4) is 0 Å². The predicted octanol–water partition coefficient (Wildman–Crippen LogP) is 3.36. The normalized spacial score (nSPS) is 10.2. The zero-order valence-corrected chi connectivity index (χ0v) is 11.1. The highest BCUT2D eigenvalue weighted by Gasteiger charge is 2.14. The summed E-state index contributed by atoms with van der Waals surface area (Å²) in [6.45, 7) is 0. The van der Waals surface area contributed by atoms with Crippen molar-refractivity contribution in [2.75, 3.05) is 0 Å². The topological polar surface area (TPSA) is 47.0 Å². The minimum absolute atomic E-state index is 0.100. The van der Waals surface area contributed by atoms with Crippen LogP contribution in [0.4, 0.5) is 0 Å². The molecule has 0 aliphatic carbocycles. The van der Waals surface area contributed by atoms with E-state index in [4.69, 9.17) is 0 Å². The largest absolute Gasteiger partial charge is 0.294 e. The number of hydrogen-bond acceptors (Lipinski definition) is 4. The Morgan fingerprint density at radius 2 is 1.94 bits per heavy atom. The molecule has 2 heterocycles. The number of carbonyl (C=O) groups excluding carboxylic acids is 2. The molecule has 0 radical (unpaired) electrons. The van der Waals surface area contributed by atoms with Crippen LogP contribution in [0.25, 0.3) is 0 Å². The van der Waals surface area contributed by atoms with E-state index in [9.17, 15) is 9.59 Å². The molecule has 0 spiro atoms. The standard InChI is InChI=1S/C12H8BrNO2S/c13-9-5-12(17-7-9)11(16)6-10(15)8-1-3-14-4-2-8/h1-5,7H,6H2. The van der Waals surface area contributed by atoms with Crippen molar-refractivity contribution in [2.24, 2.45) is 0 Å². The van der Waals surface area contributed by atoms with Gasteiger partial charge in [-0.05, 0) is 34.1 Å². The molecule has 0 fully saturated rings. The zero-order valence-electron chi connectivity index (χ0n) is 8.72. The zero-order chi connectivity index (χ0) is 12.3.